The molecule has 0 aliphatic heterocycles. The normalized spacial score (nSPS) is 10.6. The van der Waals surface area contributed by atoms with Crippen LogP contribution in [0.2, 0.25) is 0 Å². The average Bonchev–Trinajstić information content (AvgIpc) is 2.25. The third-order valence-electron chi connectivity index (χ3n) is 2.51. The highest BCUT2D eigenvalue weighted by atomic mass is 16.5. The molecule has 0 unspecified atom stereocenters. The molecular weight excluding hydrogens is 192 g/mol. The van der Waals surface area contributed by atoms with Crippen molar-refractivity contribution in [2.24, 2.45) is 7.05 Å². The highest BCUT2D eigenvalue weighted by molar-refractivity contribution is 5.79. The predicted octanol–water partition coefficient (Wildman–Crippen LogP) is 1.25. The van der Waals surface area contributed by atoms with Crippen molar-refractivity contribution >= 4 is 10.9 Å². The van der Waals surface area contributed by atoms with Crippen LogP contribution in [-0.2, 0) is 7.05 Å². The van der Waals surface area contributed by atoms with E-state index in [-0.39, 0.29) is 5.56 Å². The summed E-state index contributed by atoms with van der Waals surface area (Å²) in [4.78, 5) is 16.2. The van der Waals surface area contributed by atoms with Gasteiger partial charge in [-0.2, -0.15) is 0 Å². The first-order chi connectivity index (χ1) is 7.13. The zero-order chi connectivity index (χ0) is 11.0. The van der Waals surface area contributed by atoms with E-state index in [1.165, 1.54) is 4.57 Å². The summed E-state index contributed by atoms with van der Waals surface area (Å²) >= 11 is 0. The molecule has 4 nitrogen and oxygen atoms in total. The first-order valence-electron chi connectivity index (χ1n) is 4.65. The number of nitrogens with zero attached hydrogens (tertiary/aromatic N) is 2. The van der Waals surface area contributed by atoms with Crippen LogP contribution in [0.25, 0.3) is 10.9 Å². The minimum absolute atomic E-state index is 0.0276. The lowest BCUT2D eigenvalue weighted by Gasteiger charge is -2.06. The number of methoxy groups -OCH3 is 1. The van der Waals surface area contributed by atoms with Gasteiger partial charge in [-0.1, -0.05) is 0 Å². The molecule has 1 aromatic heterocycles. The van der Waals surface area contributed by atoms with Crippen molar-refractivity contribution in [3.8, 4) is 5.75 Å². The fraction of sp³-hybridized carbons (Fsp3) is 0.273. The van der Waals surface area contributed by atoms with Crippen molar-refractivity contribution in [1.29, 1.82) is 0 Å². The van der Waals surface area contributed by atoms with E-state index >= 15 is 0 Å². The van der Waals surface area contributed by atoms with E-state index in [2.05, 4.69) is 4.98 Å². The molecule has 0 radical (unpaired) electrons. The SMILES string of the molecule is COc1ccc2c(=O)n(C)c(C)nc2c1. The molecule has 2 aromatic rings. The van der Waals surface area contributed by atoms with Crippen molar-refractivity contribution in [2.45, 2.75) is 6.92 Å². The van der Waals surface area contributed by atoms with Gasteiger partial charge in [0.15, 0.2) is 0 Å². The second kappa shape index (κ2) is 3.38. The molecule has 1 heterocycles. The number of aromatic nitrogens is 2. The quantitative estimate of drug-likeness (QED) is 0.702. The van der Waals surface area contributed by atoms with Crippen LogP contribution >= 0.6 is 0 Å². The van der Waals surface area contributed by atoms with Gasteiger partial charge in [0.05, 0.1) is 18.0 Å². The van der Waals surface area contributed by atoms with Gasteiger partial charge in [0.2, 0.25) is 0 Å². The molecule has 0 aliphatic carbocycles. The van der Waals surface area contributed by atoms with E-state index in [9.17, 15) is 4.79 Å². The van der Waals surface area contributed by atoms with Crippen LogP contribution in [0.15, 0.2) is 23.0 Å². The van der Waals surface area contributed by atoms with E-state index in [0.717, 1.165) is 0 Å². The molecule has 0 bridgehead atoms. The largest absolute Gasteiger partial charge is 0.497 e. The Balaban J connectivity index is 2.86. The Bertz CT molecular complexity index is 573. The first kappa shape index (κ1) is 9.71. The van der Waals surface area contributed by atoms with Gasteiger partial charge < -0.3 is 4.74 Å². The third kappa shape index (κ3) is 1.48. The lowest BCUT2D eigenvalue weighted by molar-refractivity contribution is 0.415. The third-order valence-corrected chi connectivity index (χ3v) is 2.51. The Morgan fingerprint density at radius 3 is 2.80 bits per heavy atom. The molecule has 0 fully saturated rings. The minimum Gasteiger partial charge on any atom is -0.497 e. The lowest BCUT2D eigenvalue weighted by atomic mass is 10.2. The van der Waals surface area contributed by atoms with Gasteiger partial charge in [-0.3, -0.25) is 9.36 Å². The fourth-order valence-corrected chi connectivity index (χ4v) is 1.49. The number of hydrogen-bond acceptors (Lipinski definition) is 3. The molecule has 0 aliphatic rings. The molecule has 0 amide bonds. The molecule has 4 heteroatoms. The number of aryl methyl sites for hydroxylation is 1. The maximum atomic E-state index is 11.8. The van der Waals surface area contributed by atoms with Gasteiger partial charge in [0.1, 0.15) is 11.6 Å². The molecule has 0 saturated carbocycles. The summed E-state index contributed by atoms with van der Waals surface area (Å²) in [6.07, 6.45) is 0. The van der Waals surface area contributed by atoms with Gasteiger partial charge in [0, 0.05) is 13.1 Å². The Kier molecular flexibility index (Phi) is 2.19. The van der Waals surface area contributed by atoms with Crippen molar-refractivity contribution in [1.82, 2.24) is 9.55 Å². The molecule has 2 rings (SSSR count). The molecule has 0 spiro atoms. The van der Waals surface area contributed by atoms with Crippen LogP contribution in [0.1, 0.15) is 5.82 Å². The summed E-state index contributed by atoms with van der Waals surface area (Å²) < 4.78 is 6.62. The topological polar surface area (TPSA) is 44.1 Å². The minimum atomic E-state index is -0.0276. The number of rotatable bonds is 1. The Morgan fingerprint density at radius 1 is 1.40 bits per heavy atom. The van der Waals surface area contributed by atoms with Crippen molar-refractivity contribution in [2.75, 3.05) is 7.11 Å². The van der Waals surface area contributed by atoms with Crippen LogP contribution in [0.5, 0.6) is 5.75 Å². The van der Waals surface area contributed by atoms with E-state index in [4.69, 9.17) is 4.74 Å². The van der Waals surface area contributed by atoms with Gasteiger partial charge in [-0.05, 0) is 19.1 Å². The van der Waals surface area contributed by atoms with Gasteiger partial charge in [-0.15, -0.1) is 0 Å². The summed E-state index contributed by atoms with van der Waals surface area (Å²) in [5.74, 6) is 1.41. The molecule has 78 valence electrons. The molecule has 0 N–H and O–H groups in total. The highest BCUT2D eigenvalue weighted by Gasteiger charge is 2.05. The smallest absolute Gasteiger partial charge is 0.261 e. The van der Waals surface area contributed by atoms with E-state index < -0.39 is 0 Å². The van der Waals surface area contributed by atoms with Gasteiger partial charge in [0.25, 0.3) is 5.56 Å². The maximum Gasteiger partial charge on any atom is 0.261 e. The fourth-order valence-electron chi connectivity index (χ4n) is 1.49. The highest BCUT2D eigenvalue weighted by Crippen LogP contribution is 2.16. The van der Waals surface area contributed by atoms with Crippen LogP contribution in [0, 0.1) is 6.92 Å². The zero-order valence-electron chi connectivity index (χ0n) is 8.94. The Labute approximate surface area is 87.1 Å². The summed E-state index contributed by atoms with van der Waals surface area (Å²) in [5.41, 5.74) is 0.648. The number of benzene rings is 1. The predicted molar refractivity (Wildman–Crippen MR) is 58.3 cm³/mol. The first-order valence-corrected chi connectivity index (χ1v) is 4.65. The Hall–Kier alpha value is -1.84. The average molecular weight is 204 g/mol. The van der Waals surface area contributed by atoms with Crippen molar-refractivity contribution in [3.05, 3.63) is 34.4 Å². The number of hydrogen-bond donors (Lipinski definition) is 0. The summed E-state index contributed by atoms with van der Waals surface area (Å²) in [7, 11) is 3.31. The number of ether oxygens (including phenoxy) is 1. The summed E-state index contributed by atoms with van der Waals surface area (Å²) in [5, 5.41) is 0.615. The van der Waals surface area contributed by atoms with Gasteiger partial charge in [-0.25, -0.2) is 4.98 Å². The zero-order valence-corrected chi connectivity index (χ0v) is 8.94. The molecule has 1 aromatic carbocycles. The van der Waals surface area contributed by atoms with Crippen molar-refractivity contribution < 1.29 is 4.74 Å². The Morgan fingerprint density at radius 2 is 2.13 bits per heavy atom. The molecular formula is C11H12N2O2. The van der Waals surface area contributed by atoms with Crippen LogP contribution < -0.4 is 10.3 Å². The van der Waals surface area contributed by atoms with E-state index in [0.29, 0.717) is 22.5 Å². The lowest BCUT2D eigenvalue weighted by Crippen LogP contribution is -2.20. The molecule has 0 atom stereocenters. The maximum absolute atomic E-state index is 11.8. The van der Waals surface area contributed by atoms with E-state index in [1.807, 2.05) is 0 Å². The van der Waals surface area contributed by atoms with Gasteiger partial charge >= 0.3 is 0 Å². The summed E-state index contributed by atoms with van der Waals surface area (Å²) in [6.45, 7) is 1.81. The van der Waals surface area contributed by atoms with Crippen molar-refractivity contribution in [3.63, 3.8) is 0 Å². The van der Waals surface area contributed by atoms with Crippen LogP contribution in [0.4, 0.5) is 0 Å². The second-order valence-electron chi connectivity index (χ2n) is 3.41. The summed E-state index contributed by atoms with van der Waals surface area (Å²) in [6, 6.07) is 5.27. The standard InChI is InChI=1S/C11H12N2O2/c1-7-12-10-6-8(15-3)4-5-9(10)11(14)13(7)2/h4-6H,1-3H3. The molecule has 0 saturated heterocycles. The van der Waals surface area contributed by atoms with Crippen LogP contribution in [0.3, 0.4) is 0 Å². The number of fused-ring (bicyclic) bond motifs is 1. The molecule has 15 heavy (non-hydrogen) atoms. The monoisotopic (exact) mass is 204 g/mol. The van der Waals surface area contributed by atoms with Crippen LogP contribution in [-0.4, -0.2) is 16.7 Å². The second-order valence-corrected chi connectivity index (χ2v) is 3.41. The van der Waals surface area contributed by atoms with E-state index in [1.54, 1.807) is 39.3 Å².